The summed E-state index contributed by atoms with van der Waals surface area (Å²) < 4.78 is 13.1. The van der Waals surface area contributed by atoms with Gasteiger partial charge in [0, 0.05) is 0 Å². The maximum absolute atomic E-state index is 10.3. The molecule has 10 aromatic carbocycles. The maximum atomic E-state index is 10.3. The Labute approximate surface area is 384 Å². The molecule has 0 radical (unpaired) electrons. The van der Waals surface area contributed by atoms with Crippen LogP contribution in [0.3, 0.4) is 0 Å². The minimum atomic E-state index is -0.569. The van der Waals surface area contributed by atoms with E-state index in [4.69, 9.17) is 9.47 Å². The molecule has 2 aliphatic carbocycles. The molecule has 4 heteroatoms. The number of phenolic OH excluding ortho intramolecular Hbond substituents is 2. The van der Waals surface area contributed by atoms with Crippen molar-refractivity contribution in [1.82, 2.24) is 0 Å². The van der Waals surface area contributed by atoms with Gasteiger partial charge in [0.2, 0.25) is 0 Å². The third-order valence-corrected chi connectivity index (χ3v) is 14.0. The Kier molecular flexibility index (Phi) is 9.50. The first kappa shape index (κ1) is 39.5. The molecule has 2 N–H and O–H groups in total. The number of unbranched alkanes of at least 4 members (excludes halogenated alkanes) is 1. The molecule has 0 amide bonds. The second-order valence-electron chi connectivity index (χ2n) is 17.6. The summed E-state index contributed by atoms with van der Waals surface area (Å²) in [6.45, 7) is 1.12. The fourth-order valence-electron chi connectivity index (χ4n) is 11.2. The van der Waals surface area contributed by atoms with Crippen molar-refractivity contribution in [3.05, 3.63) is 263 Å². The SMILES string of the molecule is Oc1ccc2cc(C3(c4cccc(OCCCCOc5cccc(C6(c7ccc8cc(O)ccc8c7)c7ccccc7-c7ccccc76)c5)c4)c4ccccc4-c4ccccc43)ccc2c1. The third-order valence-electron chi connectivity index (χ3n) is 14.0. The van der Waals surface area contributed by atoms with Gasteiger partial charge in [0.15, 0.2) is 0 Å². The molecule has 0 atom stereocenters. The summed E-state index contributed by atoms with van der Waals surface area (Å²) in [5.74, 6) is 2.19. The van der Waals surface area contributed by atoms with Gasteiger partial charge in [0.1, 0.15) is 23.0 Å². The van der Waals surface area contributed by atoms with Crippen molar-refractivity contribution in [1.29, 1.82) is 0 Å². The molecule has 0 saturated carbocycles. The molecular weight excluding hydrogens is 809 g/mol. The summed E-state index contributed by atoms with van der Waals surface area (Å²) in [4.78, 5) is 0. The number of ether oxygens (including phenoxy) is 2. The number of fused-ring (bicyclic) bond motifs is 8. The molecule has 12 rings (SSSR count). The highest BCUT2D eigenvalue weighted by Crippen LogP contribution is 2.58. The topological polar surface area (TPSA) is 58.9 Å². The van der Waals surface area contributed by atoms with Crippen LogP contribution in [-0.4, -0.2) is 23.4 Å². The van der Waals surface area contributed by atoms with Gasteiger partial charge in [-0.2, -0.15) is 0 Å². The lowest BCUT2D eigenvalue weighted by Crippen LogP contribution is -2.28. The molecule has 318 valence electrons. The molecular formula is C62H46O4. The van der Waals surface area contributed by atoms with Crippen molar-refractivity contribution in [2.24, 2.45) is 0 Å². The minimum absolute atomic E-state index is 0.263. The fraction of sp³-hybridized carbons (Fsp3) is 0.0968. The molecule has 0 fully saturated rings. The van der Waals surface area contributed by atoms with Gasteiger partial charge < -0.3 is 19.7 Å². The summed E-state index contributed by atoms with van der Waals surface area (Å²) >= 11 is 0. The zero-order valence-corrected chi connectivity index (χ0v) is 36.3. The number of aromatic hydroxyl groups is 2. The van der Waals surface area contributed by atoms with Crippen molar-refractivity contribution >= 4 is 21.5 Å². The molecule has 0 unspecified atom stereocenters. The first-order valence-corrected chi connectivity index (χ1v) is 22.8. The van der Waals surface area contributed by atoms with Crippen LogP contribution in [0, 0.1) is 0 Å². The molecule has 0 bridgehead atoms. The van der Waals surface area contributed by atoms with E-state index < -0.39 is 10.8 Å². The number of rotatable bonds is 11. The fourth-order valence-corrected chi connectivity index (χ4v) is 11.2. The summed E-state index contributed by atoms with van der Waals surface area (Å²) in [6, 6.07) is 76.7. The Morgan fingerprint density at radius 3 is 1.03 bits per heavy atom. The van der Waals surface area contributed by atoms with Gasteiger partial charge in [-0.15, -0.1) is 0 Å². The van der Waals surface area contributed by atoms with Gasteiger partial charge in [-0.25, -0.2) is 0 Å². The Morgan fingerprint density at radius 1 is 0.303 bits per heavy atom. The molecule has 0 aliphatic heterocycles. The molecule has 4 nitrogen and oxygen atoms in total. The van der Waals surface area contributed by atoms with Crippen LogP contribution >= 0.6 is 0 Å². The van der Waals surface area contributed by atoms with Crippen LogP contribution in [0.15, 0.2) is 218 Å². The van der Waals surface area contributed by atoms with Gasteiger partial charge in [0.05, 0.1) is 24.0 Å². The average Bonchev–Trinajstić information content (AvgIpc) is 3.84. The second-order valence-corrected chi connectivity index (χ2v) is 17.6. The third kappa shape index (κ3) is 6.20. The number of benzene rings is 10. The van der Waals surface area contributed by atoms with Crippen LogP contribution in [0.25, 0.3) is 43.8 Å². The maximum Gasteiger partial charge on any atom is 0.119 e. The van der Waals surface area contributed by atoms with Crippen LogP contribution in [0.5, 0.6) is 23.0 Å². The summed E-state index contributed by atoms with van der Waals surface area (Å²) in [7, 11) is 0. The Bertz CT molecular complexity index is 3170. The Morgan fingerprint density at radius 2 is 0.636 bits per heavy atom. The number of hydrogen-bond donors (Lipinski definition) is 2. The van der Waals surface area contributed by atoms with E-state index in [-0.39, 0.29) is 11.5 Å². The molecule has 2 aliphatic rings. The number of phenols is 2. The summed E-state index contributed by atoms with van der Waals surface area (Å²) in [5, 5.41) is 24.7. The first-order valence-electron chi connectivity index (χ1n) is 22.8. The highest BCUT2D eigenvalue weighted by molar-refractivity contribution is 5.92. The molecule has 0 heterocycles. The quantitative estimate of drug-likeness (QED) is 0.127. The monoisotopic (exact) mass is 854 g/mol. The van der Waals surface area contributed by atoms with E-state index in [1.54, 1.807) is 12.1 Å². The van der Waals surface area contributed by atoms with Crippen molar-refractivity contribution in [2.75, 3.05) is 13.2 Å². The van der Waals surface area contributed by atoms with Crippen molar-refractivity contribution < 1.29 is 19.7 Å². The van der Waals surface area contributed by atoms with Crippen LogP contribution in [0.1, 0.15) is 57.3 Å². The highest BCUT2D eigenvalue weighted by Gasteiger charge is 2.47. The predicted octanol–water partition coefficient (Wildman–Crippen LogP) is 14.4. The molecule has 0 saturated heterocycles. The van der Waals surface area contributed by atoms with Gasteiger partial charge >= 0.3 is 0 Å². The summed E-state index contributed by atoms with van der Waals surface area (Å²) in [6.07, 6.45) is 1.66. The first-order chi connectivity index (χ1) is 32.5. The van der Waals surface area contributed by atoms with E-state index >= 15 is 0 Å². The second kappa shape index (κ2) is 15.9. The lowest BCUT2D eigenvalue weighted by atomic mass is 9.67. The van der Waals surface area contributed by atoms with Crippen LogP contribution in [-0.2, 0) is 10.8 Å². The summed E-state index contributed by atoms with van der Waals surface area (Å²) in [5.41, 5.74) is 13.4. The Hall–Kier alpha value is -8.08. The predicted molar refractivity (Wildman–Crippen MR) is 266 cm³/mol. The molecule has 66 heavy (non-hydrogen) atoms. The minimum Gasteiger partial charge on any atom is -0.508 e. The van der Waals surface area contributed by atoms with Crippen LogP contribution in [0.4, 0.5) is 0 Å². The standard InChI is InChI=1S/C62H46O4/c63-49-31-27-41-35-47(29-25-43(41)37-49)61(57-21-5-1-17-53(57)54-18-2-6-22-58(54)61)45-13-11-15-51(39-45)65-33-9-10-34-66-52-16-12-14-46(40-52)62(48-30-26-44-38-50(64)32-28-42(44)36-48)59-23-7-3-19-55(59)56-20-4-8-24-60(56)62/h1-8,11-32,35-40,63-64H,9-10,33-34H2. The van der Waals surface area contributed by atoms with Crippen LogP contribution < -0.4 is 9.47 Å². The normalized spacial score (nSPS) is 13.8. The van der Waals surface area contributed by atoms with Gasteiger partial charge in [-0.05, 0) is 162 Å². The van der Waals surface area contributed by atoms with Crippen molar-refractivity contribution in [3.8, 4) is 45.3 Å². The average molecular weight is 855 g/mol. The molecule has 10 aromatic rings. The van der Waals surface area contributed by atoms with Crippen molar-refractivity contribution in [2.45, 2.75) is 23.7 Å². The van der Waals surface area contributed by atoms with E-state index in [1.807, 2.05) is 24.3 Å². The van der Waals surface area contributed by atoms with Crippen LogP contribution in [0.2, 0.25) is 0 Å². The smallest absolute Gasteiger partial charge is 0.119 e. The molecule has 0 aromatic heterocycles. The van der Waals surface area contributed by atoms with E-state index in [0.717, 1.165) is 57.0 Å². The van der Waals surface area contributed by atoms with Crippen molar-refractivity contribution in [3.63, 3.8) is 0 Å². The van der Waals surface area contributed by atoms with Gasteiger partial charge in [-0.3, -0.25) is 0 Å². The lowest BCUT2D eigenvalue weighted by molar-refractivity contribution is 0.266. The van der Waals surface area contributed by atoms with Gasteiger partial charge in [-0.1, -0.05) is 158 Å². The zero-order valence-electron chi connectivity index (χ0n) is 36.3. The highest BCUT2D eigenvalue weighted by atomic mass is 16.5. The van der Waals surface area contributed by atoms with E-state index in [0.29, 0.717) is 13.2 Å². The van der Waals surface area contributed by atoms with Gasteiger partial charge in [0.25, 0.3) is 0 Å². The van der Waals surface area contributed by atoms with E-state index in [1.165, 1.54) is 55.6 Å². The Balaban J connectivity index is 0.804. The number of hydrogen-bond acceptors (Lipinski definition) is 4. The van der Waals surface area contributed by atoms with E-state index in [2.05, 4.69) is 182 Å². The largest absolute Gasteiger partial charge is 0.508 e. The van der Waals surface area contributed by atoms with E-state index in [9.17, 15) is 10.2 Å². The molecule has 0 spiro atoms. The lowest BCUT2D eigenvalue weighted by Gasteiger charge is -2.34. The zero-order chi connectivity index (χ0) is 44.2.